The number of amides is 1. The first-order chi connectivity index (χ1) is 11.7. The lowest BCUT2D eigenvalue weighted by atomic mass is 9.75. The fourth-order valence-corrected chi connectivity index (χ4v) is 4.60. The van der Waals surface area contributed by atoms with Gasteiger partial charge in [0.1, 0.15) is 0 Å². The molecule has 3 rings (SSSR count). The van der Waals surface area contributed by atoms with E-state index < -0.39 is 0 Å². The van der Waals surface area contributed by atoms with Crippen LogP contribution in [-0.4, -0.2) is 30.4 Å². The highest BCUT2D eigenvalue weighted by Crippen LogP contribution is 2.36. The number of likely N-dealkylation sites (tertiary alicyclic amines) is 1. The lowest BCUT2D eigenvalue weighted by Gasteiger charge is -2.41. The van der Waals surface area contributed by atoms with Crippen molar-refractivity contribution in [2.75, 3.05) is 25.0 Å². The van der Waals surface area contributed by atoms with E-state index in [0.29, 0.717) is 6.54 Å². The summed E-state index contributed by atoms with van der Waals surface area (Å²) in [4.78, 5) is 15.0. The Balaban J connectivity index is 1.60. The van der Waals surface area contributed by atoms with E-state index in [9.17, 15) is 4.79 Å². The van der Waals surface area contributed by atoms with Crippen LogP contribution in [0.2, 0.25) is 0 Å². The van der Waals surface area contributed by atoms with Gasteiger partial charge in [-0.1, -0.05) is 51.3 Å². The van der Waals surface area contributed by atoms with Gasteiger partial charge in [0.15, 0.2) is 0 Å². The zero-order valence-corrected chi connectivity index (χ0v) is 15.3. The third-order valence-corrected chi connectivity index (χ3v) is 6.01. The molecule has 1 saturated carbocycles. The molecule has 0 radical (unpaired) electrons. The molecule has 3 heteroatoms. The molecule has 1 aliphatic carbocycles. The van der Waals surface area contributed by atoms with E-state index in [1.165, 1.54) is 43.2 Å². The minimum Gasteiger partial charge on any atom is -0.324 e. The van der Waals surface area contributed by atoms with Gasteiger partial charge in [0, 0.05) is 12.2 Å². The quantitative estimate of drug-likeness (QED) is 0.876. The Labute approximate surface area is 146 Å². The van der Waals surface area contributed by atoms with Crippen LogP contribution < -0.4 is 5.32 Å². The van der Waals surface area contributed by atoms with Crippen molar-refractivity contribution in [2.45, 2.75) is 58.8 Å². The summed E-state index contributed by atoms with van der Waals surface area (Å²) in [5.74, 6) is 1.90. The number of aryl methyl sites for hydroxylation is 2. The average Bonchev–Trinajstić information content (AvgIpc) is 2.61. The first-order valence-corrected chi connectivity index (χ1v) is 9.84. The standard InChI is InChI=1S/C21H32N2O/c1-3-16-10-7-11-17(4-2)21(16)22-20(24)15-23-13-12-18-8-5-6-9-19(18)14-23/h7,10-11,18-19H,3-6,8-9,12-15H2,1-2H3,(H,22,24). The highest BCUT2D eigenvalue weighted by atomic mass is 16.2. The normalized spacial score (nSPS) is 24.4. The number of rotatable bonds is 5. The molecule has 1 amide bonds. The molecule has 1 N–H and O–H groups in total. The van der Waals surface area contributed by atoms with Crippen LogP contribution in [0.1, 0.15) is 57.1 Å². The van der Waals surface area contributed by atoms with Crippen LogP contribution in [0.15, 0.2) is 18.2 Å². The van der Waals surface area contributed by atoms with Gasteiger partial charge in [-0.15, -0.1) is 0 Å². The van der Waals surface area contributed by atoms with Gasteiger partial charge < -0.3 is 5.32 Å². The minimum atomic E-state index is 0.153. The fraction of sp³-hybridized carbons (Fsp3) is 0.667. The summed E-state index contributed by atoms with van der Waals surface area (Å²) in [6.45, 7) is 7.06. The van der Waals surface area contributed by atoms with E-state index in [-0.39, 0.29) is 5.91 Å². The van der Waals surface area contributed by atoms with Gasteiger partial charge in [-0.05, 0) is 55.2 Å². The molecule has 1 aliphatic heterocycles. The first kappa shape index (κ1) is 17.5. The second-order valence-electron chi connectivity index (χ2n) is 7.53. The summed E-state index contributed by atoms with van der Waals surface area (Å²) in [6.07, 6.45) is 8.76. The molecular formula is C21H32N2O. The van der Waals surface area contributed by atoms with Crippen molar-refractivity contribution >= 4 is 11.6 Å². The molecule has 0 spiro atoms. The van der Waals surface area contributed by atoms with E-state index in [1.54, 1.807) is 0 Å². The maximum atomic E-state index is 12.6. The maximum absolute atomic E-state index is 12.6. The molecule has 0 bridgehead atoms. The summed E-state index contributed by atoms with van der Waals surface area (Å²) < 4.78 is 0. The largest absolute Gasteiger partial charge is 0.324 e. The summed E-state index contributed by atoms with van der Waals surface area (Å²) in [5.41, 5.74) is 3.54. The number of carbonyl (C=O) groups is 1. The van der Waals surface area contributed by atoms with E-state index in [0.717, 1.165) is 43.5 Å². The van der Waals surface area contributed by atoms with Crippen molar-refractivity contribution in [1.29, 1.82) is 0 Å². The van der Waals surface area contributed by atoms with Gasteiger partial charge in [-0.3, -0.25) is 9.69 Å². The van der Waals surface area contributed by atoms with Gasteiger partial charge in [0.05, 0.1) is 6.54 Å². The van der Waals surface area contributed by atoms with Crippen molar-refractivity contribution in [2.24, 2.45) is 11.8 Å². The van der Waals surface area contributed by atoms with Crippen molar-refractivity contribution in [3.05, 3.63) is 29.3 Å². The zero-order valence-electron chi connectivity index (χ0n) is 15.3. The number of anilines is 1. The topological polar surface area (TPSA) is 32.3 Å². The van der Waals surface area contributed by atoms with E-state index in [1.807, 2.05) is 0 Å². The van der Waals surface area contributed by atoms with Crippen molar-refractivity contribution in [3.8, 4) is 0 Å². The smallest absolute Gasteiger partial charge is 0.238 e. The SMILES string of the molecule is CCc1cccc(CC)c1NC(=O)CN1CCC2CCCCC2C1. The summed E-state index contributed by atoms with van der Waals surface area (Å²) in [5, 5.41) is 3.22. The molecule has 3 nitrogen and oxygen atoms in total. The molecule has 132 valence electrons. The Hall–Kier alpha value is -1.35. The Bertz CT molecular complexity index is 547. The molecule has 1 aromatic rings. The number of nitrogens with zero attached hydrogens (tertiary/aromatic N) is 1. The van der Waals surface area contributed by atoms with Crippen LogP contribution >= 0.6 is 0 Å². The van der Waals surface area contributed by atoms with E-state index >= 15 is 0 Å². The van der Waals surface area contributed by atoms with Crippen LogP contribution in [0.25, 0.3) is 0 Å². The number of nitrogens with one attached hydrogen (secondary N) is 1. The van der Waals surface area contributed by atoms with Gasteiger partial charge in [0.2, 0.25) is 5.91 Å². The highest BCUT2D eigenvalue weighted by Gasteiger charge is 2.31. The lowest BCUT2D eigenvalue weighted by molar-refractivity contribution is -0.118. The zero-order chi connectivity index (χ0) is 16.9. The Morgan fingerprint density at radius 1 is 1.08 bits per heavy atom. The van der Waals surface area contributed by atoms with Crippen molar-refractivity contribution in [1.82, 2.24) is 4.90 Å². The highest BCUT2D eigenvalue weighted by molar-refractivity contribution is 5.93. The van der Waals surface area contributed by atoms with E-state index in [2.05, 4.69) is 42.3 Å². The Kier molecular flexibility index (Phi) is 5.94. The second-order valence-corrected chi connectivity index (χ2v) is 7.53. The van der Waals surface area contributed by atoms with E-state index in [4.69, 9.17) is 0 Å². The van der Waals surface area contributed by atoms with Gasteiger partial charge in [0.25, 0.3) is 0 Å². The lowest BCUT2D eigenvalue weighted by Crippen LogP contribution is -2.44. The maximum Gasteiger partial charge on any atom is 0.238 e. The van der Waals surface area contributed by atoms with Crippen molar-refractivity contribution < 1.29 is 4.79 Å². The third-order valence-electron chi connectivity index (χ3n) is 6.01. The monoisotopic (exact) mass is 328 g/mol. The molecule has 2 aliphatic rings. The average molecular weight is 329 g/mol. The number of hydrogen-bond acceptors (Lipinski definition) is 2. The number of piperidine rings is 1. The van der Waals surface area contributed by atoms with Crippen LogP contribution in [0.3, 0.4) is 0 Å². The molecule has 24 heavy (non-hydrogen) atoms. The van der Waals surface area contributed by atoms with Crippen LogP contribution in [-0.2, 0) is 17.6 Å². The van der Waals surface area contributed by atoms with Crippen LogP contribution in [0.5, 0.6) is 0 Å². The number of hydrogen-bond donors (Lipinski definition) is 1. The molecule has 2 fully saturated rings. The predicted octanol–water partition coefficient (Wildman–Crippen LogP) is 4.26. The molecule has 0 aromatic heterocycles. The van der Waals surface area contributed by atoms with Gasteiger partial charge in [-0.2, -0.15) is 0 Å². The summed E-state index contributed by atoms with van der Waals surface area (Å²) in [7, 11) is 0. The first-order valence-electron chi connectivity index (χ1n) is 9.84. The van der Waals surface area contributed by atoms with Gasteiger partial charge >= 0.3 is 0 Å². The molecular weight excluding hydrogens is 296 g/mol. The van der Waals surface area contributed by atoms with Crippen LogP contribution in [0.4, 0.5) is 5.69 Å². The Morgan fingerprint density at radius 3 is 2.42 bits per heavy atom. The minimum absolute atomic E-state index is 0.153. The third kappa shape index (κ3) is 4.00. The molecule has 1 saturated heterocycles. The van der Waals surface area contributed by atoms with Crippen molar-refractivity contribution in [3.63, 3.8) is 0 Å². The molecule has 1 aromatic carbocycles. The Morgan fingerprint density at radius 2 is 1.75 bits per heavy atom. The van der Waals surface area contributed by atoms with Gasteiger partial charge in [-0.25, -0.2) is 0 Å². The summed E-state index contributed by atoms with van der Waals surface area (Å²) >= 11 is 0. The number of para-hydroxylation sites is 1. The molecule has 1 heterocycles. The number of benzene rings is 1. The molecule has 2 atom stereocenters. The number of carbonyl (C=O) groups excluding carboxylic acids is 1. The second kappa shape index (κ2) is 8.15. The fourth-order valence-electron chi connectivity index (χ4n) is 4.60. The van der Waals surface area contributed by atoms with Crippen LogP contribution in [0, 0.1) is 11.8 Å². The molecule has 2 unspecified atom stereocenters. The number of fused-ring (bicyclic) bond motifs is 1. The predicted molar refractivity (Wildman–Crippen MR) is 100 cm³/mol. The summed E-state index contributed by atoms with van der Waals surface area (Å²) in [6, 6.07) is 6.35.